The van der Waals surface area contributed by atoms with Crippen molar-refractivity contribution in [3.8, 4) is 0 Å². The summed E-state index contributed by atoms with van der Waals surface area (Å²) in [6.07, 6.45) is 3.41. The van der Waals surface area contributed by atoms with E-state index in [9.17, 15) is 0 Å². The summed E-state index contributed by atoms with van der Waals surface area (Å²) in [5, 5.41) is 4.13. The van der Waals surface area contributed by atoms with E-state index < -0.39 is 0 Å². The van der Waals surface area contributed by atoms with Crippen LogP contribution in [0, 0.1) is 6.92 Å². The Morgan fingerprint density at radius 1 is 1.20 bits per heavy atom. The van der Waals surface area contributed by atoms with E-state index in [0.29, 0.717) is 0 Å². The van der Waals surface area contributed by atoms with Crippen molar-refractivity contribution in [1.29, 1.82) is 0 Å². The highest BCUT2D eigenvalue weighted by Gasteiger charge is 2.11. The van der Waals surface area contributed by atoms with Crippen LogP contribution in [0.1, 0.15) is 24.4 Å². The van der Waals surface area contributed by atoms with E-state index in [-0.39, 0.29) is 6.04 Å². The summed E-state index contributed by atoms with van der Waals surface area (Å²) in [4.78, 5) is 10.6. The predicted molar refractivity (Wildman–Crippen MR) is 84.6 cm³/mol. The normalized spacial score (nSPS) is 12.1. The van der Waals surface area contributed by atoms with Crippen LogP contribution in [0.25, 0.3) is 0 Å². The topological polar surface area (TPSA) is 41.1 Å². The molecule has 0 bridgehead atoms. The molecule has 1 N–H and O–H groups in total. The Balaban J connectivity index is 2.18. The fourth-order valence-electron chi connectivity index (χ4n) is 2.12. The lowest BCUT2D eigenvalue weighted by Gasteiger charge is -2.19. The van der Waals surface area contributed by atoms with Crippen LogP contribution in [0.3, 0.4) is 0 Å². The van der Waals surface area contributed by atoms with Crippen LogP contribution in [0.15, 0.2) is 30.6 Å². The molecule has 0 spiro atoms. The second kappa shape index (κ2) is 6.09. The second-order valence-corrected chi connectivity index (χ2v) is 5.36. The first-order valence-electron chi connectivity index (χ1n) is 6.50. The average Bonchev–Trinajstić information content (AvgIpc) is 2.38. The zero-order valence-electron chi connectivity index (χ0n) is 12.2. The number of hydrogen-bond acceptors (Lipinski definition) is 4. The molecule has 0 aliphatic carbocycles. The summed E-state index contributed by atoms with van der Waals surface area (Å²) in [5.74, 6) is 0. The number of aromatic nitrogens is 2. The molecule has 2 rings (SSSR count). The highest BCUT2D eigenvalue weighted by molar-refractivity contribution is 6.33. The third-order valence-corrected chi connectivity index (χ3v) is 3.44. The van der Waals surface area contributed by atoms with Crippen LogP contribution in [-0.2, 0) is 0 Å². The standard InChI is InChI=1S/C15H19ClN4/c1-10-15(18-8-7-17-10)11(2)19-12-5-6-14(20(3)4)13(16)9-12/h5-9,11,19H,1-4H3. The van der Waals surface area contributed by atoms with Gasteiger partial charge in [-0.05, 0) is 32.0 Å². The summed E-state index contributed by atoms with van der Waals surface area (Å²) in [7, 11) is 3.94. The third-order valence-electron chi connectivity index (χ3n) is 3.14. The van der Waals surface area contributed by atoms with Crippen molar-refractivity contribution in [3.05, 3.63) is 47.0 Å². The van der Waals surface area contributed by atoms with Gasteiger partial charge in [-0.25, -0.2) is 0 Å². The molecule has 0 fully saturated rings. The van der Waals surface area contributed by atoms with Crippen LogP contribution in [-0.4, -0.2) is 24.1 Å². The summed E-state index contributed by atoms with van der Waals surface area (Å²) in [6, 6.07) is 6.02. The smallest absolute Gasteiger partial charge is 0.0835 e. The van der Waals surface area contributed by atoms with E-state index in [1.165, 1.54) is 0 Å². The van der Waals surface area contributed by atoms with E-state index >= 15 is 0 Å². The lowest BCUT2D eigenvalue weighted by molar-refractivity contribution is 0.810. The van der Waals surface area contributed by atoms with Crippen molar-refractivity contribution in [2.24, 2.45) is 0 Å². The molecule has 1 atom stereocenters. The number of anilines is 2. The van der Waals surface area contributed by atoms with Gasteiger partial charge in [0.1, 0.15) is 0 Å². The maximum absolute atomic E-state index is 6.28. The van der Waals surface area contributed by atoms with Gasteiger partial charge in [0.15, 0.2) is 0 Å². The SMILES string of the molecule is Cc1nccnc1C(C)Nc1ccc(N(C)C)c(Cl)c1. The van der Waals surface area contributed by atoms with Crippen molar-refractivity contribution in [2.45, 2.75) is 19.9 Å². The molecule has 1 aromatic heterocycles. The van der Waals surface area contributed by atoms with Crippen LogP contribution < -0.4 is 10.2 Å². The fourth-order valence-corrected chi connectivity index (χ4v) is 2.47. The van der Waals surface area contributed by atoms with E-state index in [1.54, 1.807) is 12.4 Å². The number of aryl methyl sites for hydroxylation is 1. The van der Waals surface area contributed by atoms with Gasteiger partial charge in [0.2, 0.25) is 0 Å². The van der Waals surface area contributed by atoms with Crippen LogP contribution in [0.4, 0.5) is 11.4 Å². The van der Waals surface area contributed by atoms with Gasteiger partial charge in [-0.3, -0.25) is 9.97 Å². The molecule has 20 heavy (non-hydrogen) atoms. The summed E-state index contributed by atoms with van der Waals surface area (Å²) in [5.41, 5.74) is 3.85. The van der Waals surface area contributed by atoms with Crippen molar-refractivity contribution in [2.75, 3.05) is 24.3 Å². The van der Waals surface area contributed by atoms with Gasteiger partial charge in [-0.1, -0.05) is 11.6 Å². The largest absolute Gasteiger partial charge is 0.377 e. The van der Waals surface area contributed by atoms with Gasteiger partial charge in [0, 0.05) is 32.2 Å². The molecular weight excluding hydrogens is 272 g/mol. The molecule has 5 heteroatoms. The van der Waals surface area contributed by atoms with Crippen molar-refractivity contribution in [3.63, 3.8) is 0 Å². The van der Waals surface area contributed by atoms with Gasteiger partial charge < -0.3 is 10.2 Å². The maximum atomic E-state index is 6.28. The van der Waals surface area contributed by atoms with Gasteiger partial charge in [0.05, 0.1) is 28.1 Å². The monoisotopic (exact) mass is 290 g/mol. The molecule has 0 saturated heterocycles. The first kappa shape index (κ1) is 14.6. The molecule has 0 aliphatic rings. The lowest BCUT2D eigenvalue weighted by Crippen LogP contribution is -2.12. The number of nitrogens with one attached hydrogen (secondary N) is 1. The van der Waals surface area contributed by atoms with E-state index in [1.807, 2.05) is 44.1 Å². The molecular formula is C15H19ClN4. The summed E-state index contributed by atoms with van der Waals surface area (Å²) in [6.45, 7) is 4.02. The average molecular weight is 291 g/mol. The Morgan fingerprint density at radius 2 is 1.90 bits per heavy atom. The Bertz CT molecular complexity index is 598. The third kappa shape index (κ3) is 3.20. The Kier molecular flexibility index (Phi) is 4.45. The van der Waals surface area contributed by atoms with Crippen LogP contribution in [0.2, 0.25) is 5.02 Å². The zero-order chi connectivity index (χ0) is 14.7. The van der Waals surface area contributed by atoms with Gasteiger partial charge >= 0.3 is 0 Å². The van der Waals surface area contributed by atoms with Crippen molar-refractivity contribution >= 4 is 23.0 Å². The quantitative estimate of drug-likeness (QED) is 0.933. The van der Waals surface area contributed by atoms with Gasteiger partial charge in [-0.15, -0.1) is 0 Å². The first-order chi connectivity index (χ1) is 9.49. The molecule has 0 aliphatic heterocycles. The van der Waals surface area contributed by atoms with Crippen LogP contribution in [0.5, 0.6) is 0 Å². The van der Waals surface area contributed by atoms with Crippen molar-refractivity contribution < 1.29 is 0 Å². The predicted octanol–water partition coefficient (Wildman–Crippen LogP) is 3.68. The fraction of sp³-hybridized carbons (Fsp3) is 0.333. The lowest BCUT2D eigenvalue weighted by atomic mass is 10.1. The molecule has 0 radical (unpaired) electrons. The number of nitrogens with zero attached hydrogens (tertiary/aromatic N) is 3. The molecule has 2 aromatic rings. The zero-order valence-corrected chi connectivity index (χ0v) is 12.9. The van der Waals surface area contributed by atoms with E-state index in [0.717, 1.165) is 27.8 Å². The Morgan fingerprint density at radius 3 is 2.50 bits per heavy atom. The van der Waals surface area contributed by atoms with Gasteiger partial charge in [-0.2, -0.15) is 0 Å². The molecule has 106 valence electrons. The molecule has 1 heterocycles. The first-order valence-corrected chi connectivity index (χ1v) is 6.87. The number of rotatable bonds is 4. The minimum Gasteiger partial charge on any atom is -0.377 e. The molecule has 0 saturated carbocycles. The second-order valence-electron chi connectivity index (χ2n) is 4.95. The minimum atomic E-state index is 0.0740. The Labute approximate surface area is 124 Å². The summed E-state index contributed by atoms with van der Waals surface area (Å²) < 4.78 is 0. The summed E-state index contributed by atoms with van der Waals surface area (Å²) >= 11 is 6.28. The highest BCUT2D eigenvalue weighted by atomic mass is 35.5. The number of benzene rings is 1. The Hall–Kier alpha value is -1.81. The molecule has 0 amide bonds. The van der Waals surface area contributed by atoms with E-state index in [2.05, 4.69) is 22.2 Å². The minimum absolute atomic E-state index is 0.0740. The molecule has 4 nitrogen and oxygen atoms in total. The highest BCUT2D eigenvalue weighted by Crippen LogP contribution is 2.29. The maximum Gasteiger partial charge on any atom is 0.0835 e. The van der Waals surface area contributed by atoms with E-state index in [4.69, 9.17) is 11.6 Å². The van der Waals surface area contributed by atoms with Crippen LogP contribution >= 0.6 is 11.6 Å². The molecule has 1 unspecified atom stereocenters. The number of halogens is 1. The number of hydrogen-bond donors (Lipinski definition) is 1. The van der Waals surface area contributed by atoms with Gasteiger partial charge in [0.25, 0.3) is 0 Å². The van der Waals surface area contributed by atoms with Crippen molar-refractivity contribution in [1.82, 2.24) is 9.97 Å². The molecule has 1 aromatic carbocycles.